The van der Waals surface area contributed by atoms with Gasteiger partial charge >= 0.3 is 0 Å². The number of nitrogens with one attached hydrogen (secondary N) is 1. The summed E-state index contributed by atoms with van der Waals surface area (Å²) in [7, 11) is 1.85. The lowest BCUT2D eigenvalue weighted by Crippen LogP contribution is -2.45. The van der Waals surface area contributed by atoms with Crippen molar-refractivity contribution in [2.75, 3.05) is 43.6 Å². The van der Waals surface area contributed by atoms with Crippen LogP contribution in [0.3, 0.4) is 0 Å². The molecule has 13 nitrogen and oxygen atoms in total. The Bertz CT molecular complexity index is 2220. The molecule has 2 aromatic carbocycles. The predicted molar refractivity (Wildman–Crippen MR) is 180 cm³/mol. The van der Waals surface area contributed by atoms with E-state index in [-0.39, 0.29) is 23.7 Å². The number of halogens is 1. The molecule has 2 fully saturated rings. The van der Waals surface area contributed by atoms with Gasteiger partial charge < -0.3 is 29.2 Å². The van der Waals surface area contributed by atoms with Gasteiger partial charge in [0.2, 0.25) is 5.91 Å². The lowest BCUT2D eigenvalue weighted by molar-refractivity contribution is -0.131. The molecule has 0 saturated carbocycles. The number of hydrogen-bond donors (Lipinski definition) is 1. The Morgan fingerprint density at radius 3 is 2.80 bits per heavy atom. The number of aryl methyl sites for hydroxylation is 1. The summed E-state index contributed by atoms with van der Waals surface area (Å²) in [6.07, 6.45) is 6.14. The highest BCUT2D eigenvalue weighted by atomic mass is 19.1. The molecule has 3 aliphatic heterocycles. The van der Waals surface area contributed by atoms with Gasteiger partial charge in [0.1, 0.15) is 41.5 Å². The first-order chi connectivity index (χ1) is 24.0. The topological polar surface area (TPSA) is 128 Å². The number of imidazole rings is 1. The molecule has 2 atom stereocenters. The van der Waals surface area contributed by atoms with E-state index >= 15 is 4.39 Å². The maximum Gasteiger partial charge on any atom is 0.245 e. The maximum absolute atomic E-state index is 15.4. The molecule has 4 aromatic heterocycles. The van der Waals surface area contributed by atoms with E-state index in [2.05, 4.69) is 36.0 Å². The quantitative estimate of drug-likeness (QED) is 0.296. The van der Waals surface area contributed by atoms with Gasteiger partial charge in [-0.25, -0.2) is 29.0 Å². The molecule has 14 heteroatoms. The highest BCUT2D eigenvalue weighted by molar-refractivity contribution is 5.93. The van der Waals surface area contributed by atoms with Gasteiger partial charge in [0, 0.05) is 44.4 Å². The van der Waals surface area contributed by atoms with Gasteiger partial charge in [-0.3, -0.25) is 4.79 Å². The number of likely N-dealkylation sites (N-methyl/N-ethyl adjacent to an activating group) is 1. The molecule has 9 rings (SSSR count). The Balaban J connectivity index is 1.06. The minimum absolute atomic E-state index is 0.00490. The van der Waals surface area contributed by atoms with E-state index in [1.165, 1.54) is 17.1 Å². The van der Waals surface area contributed by atoms with Crippen molar-refractivity contribution < 1.29 is 18.7 Å². The van der Waals surface area contributed by atoms with Crippen LogP contribution in [0.5, 0.6) is 5.75 Å². The number of nitrogens with zero attached hydrogens (tertiary/aromatic N) is 9. The van der Waals surface area contributed by atoms with Crippen molar-refractivity contribution in [2.24, 2.45) is 0 Å². The third-order valence-electron chi connectivity index (χ3n) is 9.54. The number of para-hydroxylation sites is 1. The largest absolute Gasteiger partial charge is 0.485 e. The average Bonchev–Trinajstić information content (AvgIpc) is 3.83. The lowest BCUT2D eigenvalue weighted by atomic mass is 10.1. The molecule has 1 N–H and O–H groups in total. The molecule has 3 aliphatic rings. The zero-order valence-electron chi connectivity index (χ0n) is 26.7. The number of aromatic nitrogens is 7. The summed E-state index contributed by atoms with van der Waals surface area (Å²) < 4.78 is 30.0. The predicted octanol–water partition coefficient (Wildman–Crippen LogP) is 4.07. The molecule has 248 valence electrons. The number of rotatable bonds is 4. The molecule has 4 bridgehead atoms. The summed E-state index contributed by atoms with van der Waals surface area (Å²) in [4.78, 5) is 36.8. The zero-order valence-corrected chi connectivity index (χ0v) is 26.7. The molecule has 49 heavy (non-hydrogen) atoms. The van der Waals surface area contributed by atoms with E-state index in [0.717, 1.165) is 34.5 Å². The molecule has 0 unspecified atom stereocenters. The number of carbonyl (C=O) groups excluding carboxylic acids is 1. The first-order valence-corrected chi connectivity index (χ1v) is 16.4. The molecule has 1 amide bonds. The van der Waals surface area contributed by atoms with Crippen molar-refractivity contribution in [3.63, 3.8) is 0 Å². The van der Waals surface area contributed by atoms with E-state index in [1.54, 1.807) is 23.2 Å². The van der Waals surface area contributed by atoms with Crippen molar-refractivity contribution in [1.29, 1.82) is 0 Å². The van der Waals surface area contributed by atoms with Crippen LogP contribution in [0, 0.1) is 5.82 Å². The monoisotopic (exact) mass is 660 g/mol. The van der Waals surface area contributed by atoms with Crippen LogP contribution < -0.4 is 15.0 Å². The van der Waals surface area contributed by atoms with Crippen molar-refractivity contribution in [2.45, 2.75) is 37.6 Å². The van der Waals surface area contributed by atoms with E-state index in [0.29, 0.717) is 61.9 Å². The lowest BCUT2D eigenvalue weighted by Gasteiger charge is -2.29. The van der Waals surface area contributed by atoms with Gasteiger partial charge in [0.25, 0.3) is 0 Å². The molecular formula is C35H33FN10O3. The number of carbonyl (C=O) groups is 1. The molecular weight excluding hydrogens is 627 g/mol. The fraction of sp³-hybridized carbons (Fsp3) is 0.314. The number of ether oxygens (including phenoxy) is 2. The molecule has 7 heterocycles. The van der Waals surface area contributed by atoms with Crippen molar-refractivity contribution in [3.05, 3.63) is 79.3 Å². The number of amides is 1. The van der Waals surface area contributed by atoms with Crippen molar-refractivity contribution in [1.82, 2.24) is 39.2 Å². The second kappa shape index (κ2) is 11.8. The second-order valence-electron chi connectivity index (χ2n) is 12.8. The van der Waals surface area contributed by atoms with Gasteiger partial charge in [-0.1, -0.05) is 18.2 Å². The van der Waals surface area contributed by atoms with Gasteiger partial charge in [0.15, 0.2) is 11.5 Å². The van der Waals surface area contributed by atoms with Crippen LogP contribution >= 0.6 is 0 Å². The van der Waals surface area contributed by atoms with E-state index < -0.39 is 11.9 Å². The summed E-state index contributed by atoms with van der Waals surface area (Å²) in [6.45, 7) is 2.74. The smallest absolute Gasteiger partial charge is 0.245 e. The molecule has 2 saturated heterocycles. The third kappa shape index (κ3) is 5.19. The first kappa shape index (κ1) is 29.5. The Morgan fingerprint density at radius 2 is 1.94 bits per heavy atom. The average molecular weight is 661 g/mol. The van der Waals surface area contributed by atoms with Crippen LogP contribution in [-0.4, -0.2) is 96.6 Å². The van der Waals surface area contributed by atoms with E-state index in [1.807, 2.05) is 48.6 Å². The Hall–Kier alpha value is -5.63. The number of pyridine rings is 1. The fourth-order valence-corrected chi connectivity index (χ4v) is 7.07. The normalized spacial score (nSPS) is 19.8. The molecule has 0 aliphatic carbocycles. The summed E-state index contributed by atoms with van der Waals surface area (Å²) in [5.74, 6) is 1.21. The van der Waals surface area contributed by atoms with E-state index in [9.17, 15) is 4.79 Å². The van der Waals surface area contributed by atoms with Crippen LogP contribution in [0.15, 0.2) is 73.4 Å². The summed E-state index contributed by atoms with van der Waals surface area (Å²) in [6, 6.07) is 16.1. The van der Waals surface area contributed by atoms with Crippen LogP contribution in [0.25, 0.3) is 39.0 Å². The van der Waals surface area contributed by atoms with Crippen molar-refractivity contribution in [3.8, 4) is 22.7 Å². The van der Waals surface area contributed by atoms with Crippen LogP contribution in [0.1, 0.15) is 12.8 Å². The highest BCUT2D eigenvalue weighted by Crippen LogP contribution is 2.34. The molecule has 6 aromatic rings. The SMILES string of the molecule is CN1CCCn2cnc3cccc(c32)-c2cccc(n2)N[C@H]2C[C@@H](C1=O)N(c1ncnc3c1cnn3-c1ccc(OC3COC3)cc1F)C2. The number of benzene rings is 2. The maximum atomic E-state index is 15.4. The van der Waals surface area contributed by atoms with Gasteiger partial charge in [-0.2, -0.15) is 5.10 Å². The fourth-order valence-electron chi connectivity index (χ4n) is 7.07. The highest BCUT2D eigenvalue weighted by Gasteiger charge is 2.40. The standard InChI is InChI=1S/C35H33FN10O3/c1-43-11-4-12-44-20-39-28-7-2-5-24(32(28)44)27-6-3-8-31(42-27)41-21-13-30(35(43)47)45(16-21)33-25-15-40-46(34(25)38-19-37-33)29-10-9-22(14-26(29)36)49-23-17-48-18-23/h2-3,5-10,14-15,19-21,23,30H,4,11-13,16-18H2,1H3,(H,41,42)/t21-,30-/m0/s1. The van der Waals surface area contributed by atoms with Gasteiger partial charge in [-0.15, -0.1) is 0 Å². The summed E-state index contributed by atoms with van der Waals surface area (Å²) >= 11 is 0. The first-order valence-electron chi connectivity index (χ1n) is 16.4. The second-order valence-corrected chi connectivity index (χ2v) is 12.8. The Labute approximate surface area is 280 Å². The van der Waals surface area contributed by atoms with Crippen LogP contribution in [-0.2, 0) is 16.1 Å². The minimum Gasteiger partial charge on any atom is -0.485 e. The van der Waals surface area contributed by atoms with Crippen LogP contribution in [0.4, 0.5) is 16.0 Å². The van der Waals surface area contributed by atoms with Crippen molar-refractivity contribution >= 4 is 39.6 Å². The zero-order chi connectivity index (χ0) is 33.1. The van der Waals surface area contributed by atoms with Crippen LogP contribution in [0.2, 0.25) is 0 Å². The van der Waals surface area contributed by atoms with E-state index in [4.69, 9.17) is 14.5 Å². The number of anilines is 2. The number of fused-ring (bicyclic) bond motifs is 6. The minimum atomic E-state index is -0.502. The summed E-state index contributed by atoms with van der Waals surface area (Å²) in [5, 5.41) is 8.74. The third-order valence-corrected chi connectivity index (χ3v) is 9.54. The van der Waals surface area contributed by atoms with Gasteiger partial charge in [-0.05, 0) is 43.2 Å². The molecule has 0 radical (unpaired) electrons. The summed E-state index contributed by atoms with van der Waals surface area (Å²) in [5.41, 5.74) is 4.47. The van der Waals surface area contributed by atoms with Gasteiger partial charge in [0.05, 0.1) is 47.9 Å². The Morgan fingerprint density at radius 1 is 1.04 bits per heavy atom. The number of hydrogen-bond acceptors (Lipinski definition) is 10. The molecule has 0 spiro atoms. The Kier molecular flexibility index (Phi) is 7.11.